The molecule has 0 unspecified atom stereocenters. The van der Waals surface area contributed by atoms with E-state index in [1.54, 1.807) is 0 Å². The largest absolute Gasteiger partial charge is 0.495 e. The minimum Gasteiger partial charge on any atom is -0.495 e. The third kappa shape index (κ3) is 3.61. The van der Waals surface area contributed by atoms with E-state index in [1.807, 2.05) is 0 Å². The first kappa shape index (κ1) is 19.8. The molecule has 0 spiro atoms. The monoisotopic (exact) mass is 462 g/mol. The van der Waals surface area contributed by atoms with Gasteiger partial charge in [-0.25, -0.2) is 4.98 Å². The summed E-state index contributed by atoms with van der Waals surface area (Å²) in [7, 11) is 1.45. The Morgan fingerprint density at radius 1 is 1.00 bits per heavy atom. The number of pyridine rings is 1. The molecule has 0 atom stereocenters. The van der Waals surface area contributed by atoms with Crippen LogP contribution in [0, 0.1) is 0 Å². The summed E-state index contributed by atoms with van der Waals surface area (Å²) in [6.45, 7) is 0. The smallest absolute Gasteiger partial charge is 0.417 e. The molecule has 0 radical (unpaired) electrons. The predicted molar refractivity (Wildman–Crippen MR) is 101 cm³/mol. The lowest BCUT2D eigenvalue weighted by molar-refractivity contribution is -0.137. The van der Waals surface area contributed by atoms with Gasteiger partial charge in [0, 0.05) is 24.0 Å². The number of benzene rings is 1. The Kier molecular flexibility index (Phi) is 4.84. The third-order valence-electron chi connectivity index (χ3n) is 3.96. The molecule has 0 N–H and O–H groups in total. The van der Waals surface area contributed by atoms with Gasteiger partial charge in [-0.3, -0.25) is 0 Å². The molecule has 0 saturated heterocycles. The van der Waals surface area contributed by atoms with Crippen LogP contribution in [-0.2, 0) is 6.18 Å². The number of hydrogen-bond donors (Lipinski definition) is 0. The van der Waals surface area contributed by atoms with Crippen LogP contribution in [0.15, 0.2) is 35.1 Å². The van der Waals surface area contributed by atoms with Crippen molar-refractivity contribution >= 4 is 40.4 Å². The van der Waals surface area contributed by atoms with E-state index in [0.717, 1.165) is 16.7 Å². The fraction of sp³-hybridized carbons (Fsp3) is 0.118. The number of imidazole rings is 1. The molecule has 12 heteroatoms. The molecule has 0 bridgehead atoms. The van der Waals surface area contributed by atoms with Crippen LogP contribution in [-0.4, -0.2) is 26.6 Å². The van der Waals surface area contributed by atoms with Crippen LogP contribution in [0.1, 0.15) is 5.56 Å². The molecular formula is C17H8Cl3F3N4O2. The maximum absolute atomic E-state index is 13.0. The number of halogens is 6. The molecule has 3 aromatic heterocycles. The van der Waals surface area contributed by atoms with E-state index in [9.17, 15) is 13.2 Å². The van der Waals surface area contributed by atoms with Crippen LogP contribution in [0.3, 0.4) is 0 Å². The summed E-state index contributed by atoms with van der Waals surface area (Å²) in [5.41, 5.74) is -0.279. The lowest BCUT2D eigenvalue weighted by atomic mass is 10.2. The first-order valence-corrected chi connectivity index (χ1v) is 8.93. The zero-order valence-corrected chi connectivity index (χ0v) is 16.5. The Labute approximate surface area is 175 Å². The highest BCUT2D eigenvalue weighted by atomic mass is 35.5. The standard InChI is InChI=1S/C17H8Cl3F3N4O2/c1-28-13-4-9(18)8(3-10(13)19)14-25-16(29-26-14)12-6-27-5-7(17(21,22)23)2-11(20)15(27)24-12/h2-6H,1H3. The summed E-state index contributed by atoms with van der Waals surface area (Å²) in [5, 5.41) is 4.23. The Balaban J connectivity index is 1.76. The number of hydrogen-bond acceptors (Lipinski definition) is 5. The van der Waals surface area contributed by atoms with Crippen molar-refractivity contribution in [1.82, 2.24) is 19.5 Å². The summed E-state index contributed by atoms with van der Waals surface area (Å²) in [4.78, 5) is 8.37. The molecule has 3 heterocycles. The van der Waals surface area contributed by atoms with Gasteiger partial charge in [0.15, 0.2) is 5.65 Å². The summed E-state index contributed by atoms with van der Waals surface area (Å²) < 4.78 is 50.3. The van der Waals surface area contributed by atoms with Crippen molar-refractivity contribution < 1.29 is 22.4 Å². The summed E-state index contributed by atoms with van der Waals surface area (Å²) >= 11 is 18.3. The van der Waals surface area contributed by atoms with Crippen molar-refractivity contribution in [2.24, 2.45) is 0 Å². The number of rotatable bonds is 3. The average Bonchev–Trinajstić information content (AvgIpc) is 3.29. The van der Waals surface area contributed by atoms with Crippen LogP contribution in [0.5, 0.6) is 5.75 Å². The van der Waals surface area contributed by atoms with Crippen LogP contribution in [0.2, 0.25) is 15.1 Å². The van der Waals surface area contributed by atoms with Gasteiger partial charge in [0.2, 0.25) is 5.82 Å². The summed E-state index contributed by atoms with van der Waals surface area (Å²) in [6.07, 6.45) is -2.38. The molecule has 6 nitrogen and oxygen atoms in total. The highest BCUT2D eigenvalue weighted by molar-refractivity contribution is 6.36. The lowest BCUT2D eigenvalue weighted by Gasteiger charge is -2.07. The van der Waals surface area contributed by atoms with Crippen LogP contribution in [0.25, 0.3) is 28.6 Å². The Morgan fingerprint density at radius 3 is 2.45 bits per heavy atom. The zero-order valence-electron chi connectivity index (χ0n) is 14.3. The Bertz CT molecular complexity index is 1240. The second kappa shape index (κ2) is 7.08. The number of fused-ring (bicyclic) bond motifs is 1. The molecule has 0 aliphatic heterocycles. The molecule has 0 saturated carbocycles. The van der Waals surface area contributed by atoms with Crippen molar-refractivity contribution in [3.05, 3.63) is 51.2 Å². The van der Waals surface area contributed by atoms with Gasteiger partial charge in [-0.2, -0.15) is 18.2 Å². The van der Waals surface area contributed by atoms with Crippen LogP contribution in [0.4, 0.5) is 13.2 Å². The van der Waals surface area contributed by atoms with E-state index < -0.39 is 11.7 Å². The van der Waals surface area contributed by atoms with Crippen molar-refractivity contribution in [3.63, 3.8) is 0 Å². The van der Waals surface area contributed by atoms with Crippen molar-refractivity contribution in [1.29, 1.82) is 0 Å². The van der Waals surface area contributed by atoms with Crippen LogP contribution < -0.4 is 4.74 Å². The molecular weight excluding hydrogens is 456 g/mol. The van der Waals surface area contributed by atoms with Gasteiger partial charge < -0.3 is 13.7 Å². The lowest BCUT2D eigenvalue weighted by Crippen LogP contribution is -2.06. The summed E-state index contributed by atoms with van der Waals surface area (Å²) in [6, 6.07) is 3.80. The molecule has 4 aromatic rings. The first-order valence-electron chi connectivity index (χ1n) is 7.80. The molecule has 0 aliphatic carbocycles. The number of nitrogens with zero attached hydrogens (tertiary/aromatic N) is 4. The summed E-state index contributed by atoms with van der Waals surface area (Å²) in [5.74, 6) is 0.463. The van der Waals surface area contributed by atoms with Gasteiger partial charge in [-0.05, 0) is 12.1 Å². The fourth-order valence-electron chi connectivity index (χ4n) is 2.61. The molecule has 1 aromatic carbocycles. The minimum atomic E-state index is -4.55. The van der Waals surface area contributed by atoms with Crippen LogP contribution >= 0.6 is 34.8 Å². The van der Waals surface area contributed by atoms with E-state index in [1.165, 1.54) is 25.4 Å². The first-order chi connectivity index (χ1) is 13.7. The van der Waals surface area contributed by atoms with Gasteiger partial charge in [0.25, 0.3) is 5.89 Å². The van der Waals surface area contributed by atoms with Gasteiger partial charge in [-0.1, -0.05) is 40.0 Å². The van der Waals surface area contributed by atoms with Crippen molar-refractivity contribution in [3.8, 4) is 28.7 Å². The highest BCUT2D eigenvalue weighted by Gasteiger charge is 2.32. The zero-order chi connectivity index (χ0) is 20.9. The topological polar surface area (TPSA) is 65.5 Å². The SMILES string of the molecule is COc1cc(Cl)c(-c2noc(-c3cn4cc(C(F)(F)F)cc(Cl)c4n3)n2)cc1Cl. The average molecular weight is 464 g/mol. The van der Waals surface area contributed by atoms with E-state index in [2.05, 4.69) is 15.1 Å². The van der Waals surface area contributed by atoms with Crippen molar-refractivity contribution in [2.75, 3.05) is 7.11 Å². The maximum Gasteiger partial charge on any atom is 0.417 e. The maximum atomic E-state index is 13.0. The van der Waals surface area contributed by atoms with E-state index in [-0.39, 0.29) is 38.1 Å². The van der Waals surface area contributed by atoms with Gasteiger partial charge in [-0.15, -0.1) is 0 Å². The Morgan fingerprint density at radius 2 is 1.76 bits per heavy atom. The third-order valence-corrected chi connectivity index (χ3v) is 4.85. The number of methoxy groups -OCH3 is 1. The quantitative estimate of drug-likeness (QED) is 0.371. The molecule has 150 valence electrons. The van der Waals surface area contributed by atoms with Gasteiger partial charge >= 0.3 is 6.18 Å². The minimum absolute atomic E-state index is 0.0312. The molecule has 29 heavy (non-hydrogen) atoms. The predicted octanol–water partition coefficient (Wildman–Crippen LogP) is 6.04. The number of ether oxygens (including phenoxy) is 1. The molecule has 4 rings (SSSR count). The fourth-order valence-corrected chi connectivity index (χ4v) is 3.34. The number of aromatic nitrogens is 4. The van der Waals surface area contributed by atoms with E-state index in [0.29, 0.717) is 11.3 Å². The normalized spacial score (nSPS) is 12.0. The van der Waals surface area contributed by atoms with Crippen molar-refractivity contribution in [2.45, 2.75) is 6.18 Å². The van der Waals surface area contributed by atoms with E-state index >= 15 is 0 Å². The second-order valence-electron chi connectivity index (χ2n) is 5.82. The molecule has 0 amide bonds. The Hall–Kier alpha value is -2.49. The van der Waals surface area contributed by atoms with E-state index in [4.69, 9.17) is 44.1 Å². The molecule has 0 aliphatic rings. The van der Waals surface area contributed by atoms with Gasteiger partial charge in [0.05, 0.1) is 27.7 Å². The van der Waals surface area contributed by atoms with Gasteiger partial charge in [0.1, 0.15) is 11.4 Å². The highest BCUT2D eigenvalue weighted by Crippen LogP contribution is 2.37. The number of alkyl halides is 3. The second-order valence-corrected chi connectivity index (χ2v) is 7.04. The molecule has 0 fully saturated rings.